The van der Waals surface area contributed by atoms with Gasteiger partial charge in [0.2, 0.25) is 0 Å². The largest absolute Gasteiger partial charge is 0.403 e. The van der Waals surface area contributed by atoms with E-state index in [1.54, 1.807) is 0 Å². The van der Waals surface area contributed by atoms with Gasteiger partial charge in [0.25, 0.3) is 8.32 Å². The van der Waals surface area contributed by atoms with Crippen LogP contribution < -0.4 is 10.4 Å². The van der Waals surface area contributed by atoms with Crippen LogP contribution in [0, 0.1) is 0 Å². The van der Waals surface area contributed by atoms with Gasteiger partial charge in [-0.05, 0) is 46.7 Å². The maximum Gasteiger partial charge on any atom is 0.261 e. The summed E-state index contributed by atoms with van der Waals surface area (Å²) in [6.07, 6.45) is 7.61. The first kappa shape index (κ1) is 24.9. The Kier molecular flexibility index (Phi) is 9.30. The predicted molar refractivity (Wildman–Crippen MR) is 136 cm³/mol. The first-order valence-electron chi connectivity index (χ1n) is 12.1. The van der Waals surface area contributed by atoms with Crippen molar-refractivity contribution in [1.82, 2.24) is 0 Å². The third-order valence-corrected chi connectivity index (χ3v) is 11.2. The Hall–Kier alpha value is -1.72. The zero-order valence-electron chi connectivity index (χ0n) is 20.3. The molecule has 0 amide bonds. The lowest BCUT2D eigenvalue weighted by atomic mass is 10.1. The average molecular weight is 453 g/mol. The van der Waals surface area contributed by atoms with Gasteiger partial charge in [-0.1, -0.05) is 101 Å². The van der Waals surface area contributed by atoms with Crippen LogP contribution in [0.5, 0.6) is 0 Å². The Labute approximate surface area is 195 Å². The van der Waals surface area contributed by atoms with Gasteiger partial charge in [-0.3, -0.25) is 0 Å². The topological polar surface area (TPSA) is 27.7 Å². The van der Waals surface area contributed by atoms with Gasteiger partial charge >= 0.3 is 0 Å². The highest BCUT2D eigenvalue weighted by atomic mass is 28.4. The smallest absolute Gasteiger partial charge is 0.261 e. The van der Waals surface area contributed by atoms with Crippen LogP contribution in [-0.2, 0) is 13.9 Å². The zero-order valence-corrected chi connectivity index (χ0v) is 21.3. The SMILES string of the molecule is CCC/C(=C\COC1CCCCO1)CO[Si](c1ccccc1)(c1ccccc1)C(C)(C)C. The molecule has 0 spiro atoms. The van der Waals surface area contributed by atoms with Crippen molar-refractivity contribution in [3.8, 4) is 0 Å². The maximum absolute atomic E-state index is 7.11. The van der Waals surface area contributed by atoms with Crippen LogP contribution in [0.15, 0.2) is 72.3 Å². The van der Waals surface area contributed by atoms with Crippen molar-refractivity contribution >= 4 is 18.7 Å². The van der Waals surface area contributed by atoms with E-state index in [9.17, 15) is 0 Å². The van der Waals surface area contributed by atoms with E-state index in [1.807, 2.05) is 0 Å². The molecule has 4 heteroatoms. The summed E-state index contributed by atoms with van der Waals surface area (Å²) in [5.74, 6) is 0. The minimum absolute atomic E-state index is 0.0144. The predicted octanol–water partition coefficient (Wildman–Crippen LogP) is 5.83. The quantitative estimate of drug-likeness (QED) is 0.335. The molecule has 0 aromatic heterocycles. The molecule has 2 aromatic rings. The molecule has 32 heavy (non-hydrogen) atoms. The van der Waals surface area contributed by atoms with E-state index in [0.717, 1.165) is 32.3 Å². The molecule has 2 aromatic carbocycles. The summed E-state index contributed by atoms with van der Waals surface area (Å²) in [6, 6.07) is 21.7. The molecule has 174 valence electrons. The highest BCUT2D eigenvalue weighted by Crippen LogP contribution is 2.37. The summed E-state index contributed by atoms with van der Waals surface area (Å²) in [7, 11) is -2.52. The van der Waals surface area contributed by atoms with Crippen LogP contribution in [0.3, 0.4) is 0 Å². The fourth-order valence-corrected chi connectivity index (χ4v) is 9.19. The van der Waals surface area contributed by atoms with E-state index in [2.05, 4.69) is 94.4 Å². The third kappa shape index (κ3) is 6.19. The lowest BCUT2D eigenvalue weighted by Gasteiger charge is -2.43. The molecule has 3 rings (SSSR count). The lowest BCUT2D eigenvalue weighted by Crippen LogP contribution is -2.66. The molecule has 1 saturated heterocycles. The molecule has 1 atom stereocenters. The van der Waals surface area contributed by atoms with Crippen LogP contribution in [0.2, 0.25) is 5.04 Å². The van der Waals surface area contributed by atoms with Gasteiger partial charge in [0.1, 0.15) is 0 Å². The first-order chi connectivity index (χ1) is 15.5. The lowest BCUT2D eigenvalue weighted by molar-refractivity contribution is -0.155. The highest BCUT2D eigenvalue weighted by molar-refractivity contribution is 6.99. The van der Waals surface area contributed by atoms with Crippen molar-refractivity contribution in [2.75, 3.05) is 19.8 Å². The third-order valence-electron chi connectivity index (χ3n) is 6.25. The number of ether oxygens (including phenoxy) is 2. The Balaban J connectivity index is 1.85. The van der Waals surface area contributed by atoms with E-state index >= 15 is 0 Å². The van der Waals surface area contributed by atoms with Gasteiger partial charge in [-0.25, -0.2) is 0 Å². The number of hydrogen-bond acceptors (Lipinski definition) is 3. The van der Waals surface area contributed by atoms with Crippen molar-refractivity contribution in [1.29, 1.82) is 0 Å². The van der Waals surface area contributed by atoms with Crippen molar-refractivity contribution in [2.45, 2.75) is 71.1 Å². The summed E-state index contributed by atoms with van der Waals surface area (Å²) in [5.41, 5.74) is 1.32. The molecule has 1 heterocycles. The van der Waals surface area contributed by atoms with E-state index in [1.165, 1.54) is 22.4 Å². The Morgan fingerprint density at radius 1 is 1.00 bits per heavy atom. The fraction of sp³-hybridized carbons (Fsp3) is 0.500. The van der Waals surface area contributed by atoms with E-state index in [-0.39, 0.29) is 11.3 Å². The van der Waals surface area contributed by atoms with Crippen LogP contribution in [-0.4, -0.2) is 34.4 Å². The summed E-state index contributed by atoms with van der Waals surface area (Å²) in [6.45, 7) is 11.2. The molecule has 0 saturated carbocycles. The summed E-state index contributed by atoms with van der Waals surface area (Å²) >= 11 is 0. The standard InChI is InChI=1S/C28H40O3Si/c1-5-14-24(20-22-30-27-19-12-13-21-29-27)23-31-32(28(2,3)4,25-15-8-6-9-16-25)26-17-10-7-11-18-26/h6-11,15-18,20,27H,5,12-14,19,21-23H2,1-4H3/b24-20+. The van der Waals surface area contributed by atoms with Gasteiger partial charge < -0.3 is 13.9 Å². The van der Waals surface area contributed by atoms with E-state index in [0.29, 0.717) is 13.2 Å². The molecular weight excluding hydrogens is 412 g/mol. The van der Waals surface area contributed by atoms with Crippen molar-refractivity contribution in [3.05, 3.63) is 72.3 Å². The minimum atomic E-state index is -2.52. The summed E-state index contributed by atoms with van der Waals surface area (Å²) in [4.78, 5) is 0. The molecule has 1 fully saturated rings. The Morgan fingerprint density at radius 2 is 1.62 bits per heavy atom. The molecule has 1 aliphatic rings. The van der Waals surface area contributed by atoms with Gasteiger partial charge in [-0.2, -0.15) is 0 Å². The maximum atomic E-state index is 7.11. The number of benzene rings is 2. The van der Waals surface area contributed by atoms with Gasteiger partial charge in [0, 0.05) is 6.61 Å². The molecule has 1 unspecified atom stereocenters. The Morgan fingerprint density at radius 3 is 2.12 bits per heavy atom. The number of rotatable bonds is 10. The van der Waals surface area contributed by atoms with Crippen molar-refractivity contribution in [2.24, 2.45) is 0 Å². The van der Waals surface area contributed by atoms with Crippen molar-refractivity contribution < 1.29 is 13.9 Å². The average Bonchev–Trinajstić information content (AvgIpc) is 2.80. The van der Waals surface area contributed by atoms with Crippen LogP contribution in [0.1, 0.15) is 59.8 Å². The summed E-state index contributed by atoms with van der Waals surface area (Å²) < 4.78 is 18.8. The molecule has 1 aliphatic heterocycles. The minimum Gasteiger partial charge on any atom is -0.403 e. The number of hydrogen-bond donors (Lipinski definition) is 0. The first-order valence-corrected chi connectivity index (χ1v) is 14.0. The molecule has 0 N–H and O–H groups in total. The van der Waals surface area contributed by atoms with Gasteiger partial charge in [-0.15, -0.1) is 0 Å². The normalized spacial score (nSPS) is 18.0. The second-order valence-corrected chi connectivity index (χ2v) is 14.0. The van der Waals surface area contributed by atoms with E-state index < -0.39 is 8.32 Å². The van der Waals surface area contributed by atoms with Gasteiger partial charge in [0.15, 0.2) is 6.29 Å². The van der Waals surface area contributed by atoms with Crippen molar-refractivity contribution in [3.63, 3.8) is 0 Å². The van der Waals surface area contributed by atoms with Crippen LogP contribution in [0.25, 0.3) is 0 Å². The Bertz CT molecular complexity index is 781. The van der Waals surface area contributed by atoms with Gasteiger partial charge in [0.05, 0.1) is 13.2 Å². The second-order valence-electron chi connectivity index (χ2n) is 9.69. The fourth-order valence-electron chi connectivity index (χ4n) is 4.63. The molecular formula is C28H40O3Si. The highest BCUT2D eigenvalue weighted by Gasteiger charge is 2.50. The molecule has 0 radical (unpaired) electrons. The monoisotopic (exact) mass is 452 g/mol. The molecule has 3 nitrogen and oxygen atoms in total. The van der Waals surface area contributed by atoms with E-state index in [4.69, 9.17) is 13.9 Å². The molecule has 0 bridgehead atoms. The van der Waals surface area contributed by atoms with Crippen LogP contribution >= 0.6 is 0 Å². The molecule has 0 aliphatic carbocycles. The van der Waals surface area contributed by atoms with Crippen LogP contribution in [0.4, 0.5) is 0 Å². The summed E-state index contributed by atoms with van der Waals surface area (Å²) in [5, 5.41) is 2.63. The zero-order chi connectivity index (χ0) is 22.9. The second kappa shape index (κ2) is 11.9.